The first-order valence-corrected chi connectivity index (χ1v) is 10.6. The van der Waals surface area contributed by atoms with E-state index in [1.165, 1.54) is 0 Å². The van der Waals surface area contributed by atoms with Gasteiger partial charge in [-0.15, -0.1) is 0 Å². The Morgan fingerprint density at radius 2 is 1.71 bits per heavy atom. The van der Waals surface area contributed by atoms with Crippen molar-refractivity contribution in [3.63, 3.8) is 0 Å². The van der Waals surface area contributed by atoms with Crippen LogP contribution in [0, 0.1) is 0 Å². The van der Waals surface area contributed by atoms with Crippen LogP contribution >= 0.6 is 0 Å². The van der Waals surface area contributed by atoms with E-state index in [9.17, 15) is 9.59 Å². The number of amides is 2. The van der Waals surface area contributed by atoms with Crippen LogP contribution in [-0.4, -0.2) is 52.8 Å². The minimum Gasteiger partial charge on any atom is -0.494 e. The predicted octanol–water partition coefficient (Wildman–Crippen LogP) is 3.95. The van der Waals surface area contributed by atoms with Gasteiger partial charge in [0.25, 0.3) is 11.8 Å². The van der Waals surface area contributed by atoms with Gasteiger partial charge in [0.15, 0.2) is 0 Å². The summed E-state index contributed by atoms with van der Waals surface area (Å²) in [7, 11) is 5.38. The van der Waals surface area contributed by atoms with Crippen LogP contribution in [0.15, 0.2) is 42.5 Å². The van der Waals surface area contributed by atoms with Crippen LogP contribution in [0.2, 0.25) is 0 Å². The highest BCUT2D eigenvalue weighted by Gasteiger charge is 2.15. The summed E-state index contributed by atoms with van der Waals surface area (Å²) in [5.74, 6) is 0.307. The van der Waals surface area contributed by atoms with Gasteiger partial charge in [-0.3, -0.25) is 9.59 Å². The number of hydrogen-bond acceptors (Lipinski definition) is 5. The molecule has 2 aromatic carbocycles. The number of nitrogens with zero attached hydrogens (tertiary/aromatic N) is 1. The van der Waals surface area contributed by atoms with Gasteiger partial charge in [-0.1, -0.05) is 13.3 Å². The summed E-state index contributed by atoms with van der Waals surface area (Å²) in [4.78, 5) is 27.2. The Morgan fingerprint density at radius 1 is 0.968 bits per heavy atom. The molecule has 0 saturated heterocycles. The quantitative estimate of drug-likeness (QED) is 0.502. The molecule has 0 aliphatic carbocycles. The average Bonchev–Trinajstić information content (AvgIpc) is 2.77. The Bertz CT molecular complexity index is 850. The zero-order valence-electron chi connectivity index (χ0n) is 18.9. The van der Waals surface area contributed by atoms with Gasteiger partial charge < -0.3 is 25.0 Å². The van der Waals surface area contributed by atoms with E-state index in [4.69, 9.17) is 9.47 Å². The first kappa shape index (κ1) is 24.2. The summed E-state index contributed by atoms with van der Waals surface area (Å²) in [6, 6.07) is 12.3. The molecule has 0 aliphatic rings. The molecule has 0 unspecified atom stereocenters. The third kappa shape index (κ3) is 7.61. The molecule has 31 heavy (non-hydrogen) atoms. The van der Waals surface area contributed by atoms with Crippen LogP contribution in [0.4, 0.5) is 11.4 Å². The zero-order chi connectivity index (χ0) is 22.6. The Balaban J connectivity index is 2.08. The van der Waals surface area contributed by atoms with Gasteiger partial charge in [-0.05, 0) is 55.3 Å². The van der Waals surface area contributed by atoms with E-state index < -0.39 is 0 Å². The van der Waals surface area contributed by atoms with Gasteiger partial charge in [0.2, 0.25) is 0 Å². The molecule has 0 heterocycles. The first-order chi connectivity index (χ1) is 15.0. The third-order valence-corrected chi connectivity index (χ3v) is 4.67. The maximum Gasteiger partial charge on any atom is 0.255 e. The number of anilines is 2. The minimum absolute atomic E-state index is 0.190. The third-order valence-electron chi connectivity index (χ3n) is 4.67. The van der Waals surface area contributed by atoms with E-state index in [1.54, 1.807) is 43.5 Å². The number of unbranched alkanes of at least 4 members (excludes halogenated alkanes) is 1. The number of ether oxygens (including phenoxy) is 2. The largest absolute Gasteiger partial charge is 0.494 e. The maximum atomic E-state index is 12.7. The summed E-state index contributed by atoms with van der Waals surface area (Å²) >= 11 is 0. The molecule has 2 amide bonds. The van der Waals surface area contributed by atoms with Gasteiger partial charge in [0.05, 0.1) is 12.2 Å². The lowest BCUT2D eigenvalue weighted by Gasteiger charge is -2.18. The second kappa shape index (κ2) is 12.6. The van der Waals surface area contributed by atoms with Gasteiger partial charge in [0, 0.05) is 51.3 Å². The Hall–Kier alpha value is -3.06. The molecule has 0 saturated carbocycles. The predicted molar refractivity (Wildman–Crippen MR) is 124 cm³/mol. The molecule has 0 spiro atoms. The molecule has 0 aromatic heterocycles. The number of hydrogen-bond donors (Lipinski definition) is 2. The zero-order valence-corrected chi connectivity index (χ0v) is 18.9. The van der Waals surface area contributed by atoms with E-state index in [1.807, 2.05) is 25.1 Å². The van der Waals surface area contributed by atoms with Gasteiger partial charge in [-0.2, -0.15) is 0 Å². The fraction of sp³-hybridized carbons (Fsp3) is 0.417. The van der Waals surface area contributed by atoms with E-state index in [2.05, 4.69) is 17.6 Å². The number of rotatable bonds is 12. The molecule has 2 rings (SSSR count). The van der Waals surface area contributed by atoms with Crippen LogP contribution in [0.25, 0.3) is 0 Å². The van der Waals surface area contributed by atoms with Crippen molar-refractivity contribution < 1.29 is 19.1 Å². The van der Waals surface area contributed by atoms with Crippen molar-refractivity contribution in [3.8, 4) is 5.75 Å². The number of benzene rings is 2. The summed E-state index contributed by atoms with van der Waals surface area (Å²) in [5.41, 5.74) is 2.35. The highest BCUT2D eigenvalue weighted by Crippen LogP contribution is 2.24. The molecule has 168 valence electrons. The van der Waals surface area contributed by atoms with Crippen molar-refractivity contribution in [2.24, 2.45) is 0 Å². The Labute approximate surface area is 184 Å². The summed E-state index contributed by atoms with van der Waals surface area (Å²) in [6.45, 7) is 3.87. The second-order valence-corrected chi connectivity index (χ2v) is 7.41. The number of carbonyl (C=O) groups is 2. The second-order valence-electron chi connectivity index (χ2n) is 7.41. The number of methoxy groups -OCH3 is 1. The number of nitrogens with one attached hydrogen (secondary N) is 2. The summed E-state index contributed by atoms with van der Waals surface area (Å²) in [5, 5.41) is 5.77. The lowest BCUT2D eigenvalue weighted by atomic mass is 10.1. The van der Waals surface area contributed by atoms with Crippen molar-refractivity contribution in [2.45, 2.75) is 26.2 Å². The first-order valence-electron chi connectivity index (χ1n) is 10.6. The molecule has 0 aliphatic heterocycles. The highest BCUT2D eigenvalue weighted by molar-refractivity contribution is 6.06. The van der Waals surface area contributed by atoms with Gasteiger partial charge >= 0.3 is 0 Å². The van der Waals surface area contributed by atoms with Crippen molar-refractivity contribution in [1.82, 2.24) is 5.32 Å². The molecule has 2 aromatic rings. The van der Waals surface area contributed by atoms with E-state index in [0.717, 1.165) is 30.7 Å². The van der Waals surface area contributed by atoms with Gasteiger partial charge in [-0.25, -0.2) is 0 Å². The maximum absolute atomic E-state index is 12.7. The monoisotopic (exact) mass is 427 g/mol. The number of carbonyl (C=O) groups excluding carboxylic acids is 2. The van der Waals surface area contributed by atoms with E-state index in [-0.39, 0.29) is 11.8 Å². The van der Waals surface area contributed by atoms with Crippen molar-refractivity contribution in [2.75, 3.05) is 51.2 Å². The molecule has 7 nitrogen and oxygen atoms in total. The van der Waals surface area contributed by atoms with Gasteiger partial charge in [0.1, 0.15) is 5.75 Å². The normalized spacial score (nSPS) is 10.5. The van der Waals surface area contributed by atoms with Crippen LogP contribution < -0.4 is 20.3 Å². The molecule has 0 fully saturated rings. The summed E-state index contributed by atoms with van der Waals surface area (Å²) in [6.07, 6.45) is 2.79. The van der Waals surface area contributed by atoms with Crippen molar-refractivity contribution in [3.05, 3.63) is 53.6 Å². The molecule has 0 bridgehead atoms. The van der Waals surface area contributed by atoms with Crippen LogP contribution in [-0.2, 0) is 4.74 Å². The lowest BCUT2D eigenvalue weighted by molar-refractivity contribution is 0.0947. The smallest absolute Gasteiger partial charge is 0.255 e. The molecule has 7 heteroatoms. The van der Waals surface area contributed by atoms with Crippen molar-refractivity contribution in [1.29, 1.82) is 0 Å². The fourth-order valence-corrected chi connectivity index (χ4v) is 2.94. The van der Waals surface area contributed by atoms with E-state index in [0.29, 0.717) is 36.6 Å². The SMILES string of the molecule is CCCCOc1ccc(C(=O)Nc2ccc(N(C)C)c(C(=O)NCCCOC)c2)cc1. The standard InChI is InChI=1S/C24H33N3O4/c1-5-6-16-31-20-11-8-18(9-12-20)23(28)26-19-10-13-22(27(2)3)21(17-19)24(29)25-14-7-15-30-4/h8-13,17H,5-7,14-16H2,1-4H3,(H,25,29)(H,26,28). The highest BCUT2D eigenvalue weighted by atomic mass is 16.5. The lowest BCUT2D eigenvalue weighted by Crippen LogP contribution is -2.27. The van der Waals surface area contributed by atoms with Crippen molar-refractivity contribution >= 4 is 23.2 Å². The minimum atomic E-state index is -0.246. The molecular formula is C24H33N3O4. The van der Waals surface area contributed by atoms with Crippen LogP contribution in [0.3, 0.4) is 0 Å². The van der Waals surface area contributed by atoms with Crippen LogP contribution in [0.1, 0.15) is 46.9 Å². The Kier molecular flexibility index (Phi) is 9.84. The molecular weight excluding hydrogens is 394 g/mol. The van der Waals surface area contributed by atoms with Crippen LogP contribution in [0.5, 0.6) is 5.75 Å². The fourth-order valence-electron chi connectivity index (χ4n) is 2.94. The average molecular weight is 428 g/mol. The molecule has 0 atom stereocenters. The molecule has 2 N–H and O–H groups in total. The Morgan fingerprint density at radius 3 is 2.35 bits per heavy atom. The molecule has 0 radical (unpaired) electrons. The van der Waals surface area contributed by atoms with E-state index >= 15 is 0 Å². The summed E-state index contributed by atoms with van der Waals surface area (Å²) < 4.78 is 10.6. The topological polar surface area (TPSA) is 79.9 Å².